The second-order valence-electron chi connectivity index (χ2n) is 6.87. The molecule has 2 aromatic carbocycles. The van der Waals surface area contributed by atoms with Crippen molar-refractivity contribution in [3.05, 3.63) is 59.2 Å². The van der Waals surface area contributed by atoms with E-state index in [2.05, 4.69) is 0 Å². The van der Waals surface area contributed by atoms with Crippen molar-refractivity contribution in [2.24, 2.45) is 0 Å². The van der Waals surface area contributed by atoms with Gasteiger partial charge in [-0.2, -0.15) is 0 Å². The minimum absolute atomic E-state index is 0.0667. The van der Waals surface area contributed by atoms with Gasteiger partial charge in [0.15, 0.2) is 6.10 Å². The molecule has 2 rings (SSSR count). The summed E-state index contributed by atoms with van der Waals surface area (Å²) in [5.74, 6) is -3.36. The number of ether oxygens (including phenoxy) is 3. The van der Waals surface area contributed by atoms with Crippen molar-refractivity contribution in [3.8, 4) is 0 Å². The maximum Gasteiger partial charge on any atom is 0.336 e. The van der Waals surface area contributed by atoms with E-state index in [1.807, 2.05) is 0 Å². The predicted octanol–water partition coefficient (Wildman–Crippen LogP) is 2.34. The summed E-state index contributed by atoms with van der Waals surface area (Å²) < 4.78 is 15.6. The molecule has 5 N–H and O–H groups in total. The van der Waals surface area contributed by atoms with E-state index >= 15 is 0 Å². The van der Waals surface area contributed by atoms with Gasteiger partial charge in [-0.05, 0) is 43.7 Å². The molecule has 0 radical (unpaired) electrons. The fourth-order valence-corrected chi connectivity index (χ4v) is 2.80. The molecular weight excluding hydrogens is 404 g/mol. The Balaban J connectivity index is 1.77. The van der Waals surface area contributed by atoms with E-state index in [0.29, 0.717) is 5.69 Å². The lowest BCUT2D eigenvalue weighted by atomic mass is 9.94. The van der Waals surface area contributed by atoms with Gasteiger partial charge in [0.25, 0.3) is 0 Å². The van der Waals surface area contributed by atoms with Gasteiger partial charge in [-0.15, -0.1) is 0 Å². The number of benzene rings is 2. The van der Waals surface area contributed by atoms with Gasteiger partial charge in [-0.25, -0.2) is 9.59 Å². The highest BCUT2D eigenvalue weighted by atomic mass is 16.6. The number of nitrogen functional groups attached to an aromatic ring is 2. The fourth-order valence-electron chi connectivity index (χ4n) is 2.80. The van der Waals surface area contributed by atoms with Crippen molar-refractivity contribution in [3.63, 3.8) is 0 Å². The van der Waals surface area contributed by atoms with E-state index in [0.717, 1.165) is 5.56 Å². The van der Waals surface area contributed by atoms with Crippen molar-refractivity contribution in [2.45, 2.75) is 32.5 Å². The second-order valence-corrected chi connectivity index (χ2v) is 6.87. The third-order valence-corrected chi connectivity index (χ3v) is 4.54. The summed E-state index contributed by atoms with van der Waals surface area (Å²) >= 11 is 0. The number of aromatic carboxylic acids is 1. The maximum atomic E-state index is 12.3. The molecule has 9 heteroatoms. The monoisotopic (exact) mass is 430 g/mol. The molecule has 0 aliphatic carbocycles. The van der Waals surface area contributed by atoms with Crippen LogP contribution in [0.1, 0.15) is 41.3 Å². The van der Waals surface area contributed by atoms with Crippen molar-refractivity contribution in [1.82, 2.24) is 0 Å². The summed E-state index contributed by atoms with van der Waals surface area (Å²) in [4.78, 5) is 35.7. The SMILES string of the molecule is C[C@H](OCc1ccc(N)cc1)C(=O)OCCOC(=O)[C@@H](C)c1c(N)cccc1C(=O)O. The number of anilines is 2. The minimum atomic E-state index is -1.19. The van der Waals surface area contributed by atoms with Crippen LogP contribution in [-0.2, 0) is 30.4 Å². The highest BCUT2D eigenvalue weighted by Crippen LogP contribution is 2.27. The number of carboxylic acids is 1. The van der Waals surface area contributed by atoms with Gasteiger partial charge in [0.05, 0.1) is 18.1 Å². The van der Waals surface area contributed by atoms with Crippen LogP contribution in [0.2, 0.25) is 0 Å². The average Bonchev–Trinajstić information content (AvgIpc) is 2.75. The zero-order chi connectivity index (χ0) is 23.0. The lowest BCUT2D eigenvalue weighted by Crippen LogP contribution is -2.26. The Kier molecular flexibility index (Phi) is 8.39. The minimum Gasteiger partial charge on any atom is -0.478 e. The Morgan fingerprint density at radius 2 is 1.55 bits per heavy atom. The molecule has 9 nitrogen and oxygen atoms in total. The number of hydrogen-bond donors (Lipinski definition) is 3. The molecule has 0 unspecified atom stereocenters. The quantitative estimate of drug-likeness (QED) is 0.293. The molecule has 166 valence electrons. The number of hydrogen-bond acceptors (Lipinski definition) is 8. The van der Waals surface area contributed by atoms with Crippen LogP contribution in [0.5, 0.6) is 0 Å². The molecule has 0 aromatic heterocycles. The number of carboxylic acid groups (broad SMARTS) is 1. The molecule has 0 aliphatic rings. The highest BCUT2D eigenvalue weighted by Gasteiger charge is 2.25. The van der Waals surface area contributed by atoms with Crippen molar-refractivity contribution < 1.29 is 33.7 Å². The van der Waals surface area contributed by atoms with Crippen molar-refractivity contribution in [1.29, 1.82) is 0 Å². The Morgan fingerprint density at radius 3 is 2.16 bits per heavy atom. The normalized spacial score (nSPS) is 12.6. The molecule has 0 spiro atoms. The van der Waals surface area contributed by atoms with Gasteiger partial charge < -0.3 is 30.8 Å². The van der Waals surface area contributed by atoms with Gasteiger partial charge in [-0.3, -0.25) is 4.79 Å². The first-order chi connectivity index (χ1) is 14.7. The summed E-state index contributed by atoms with van der Waals surface area (Å²) in [5.41, 5.74) is 13.3. The number of esters is 2. The number of nitrogens with two attached hydrogens (primary N) is 2. The van der Waals surface area contributed by atoms with Crippen LogP contribution in [0.25, 0.3) is 0 Å². The molecule has 0 fully saturated rings. The fraction of sp³-hybridized carbons (Fsp3) is 0.318. The van der Waals surface area contributed by atoms with Crippen molar-refractivity contribution in [2.75, 3.05) is 24.7 Å². The molecule has 2 aromatic rings. The first-order valence-corrected chi connectivity index (χ1v) is 9.61. The first-order valence-electron chi connectivity index (χ1n) is 9.61. The zero-order valence-electron chi connectivity index (χ0n) is 17.4. The molecular formula is C22H26N2O7. The van der Waals surface area contributed by atoms with Gasteiger partial charge in [0, 0.05) is 16.9 Å². The van der Waals surface area contributed by atoms with Crippen LogP contribution in [0, 0.1) is 0 Å². The smallest absolute Gasteiger partial charge is 0.336 e. The Hall–Kier alpha value is -3.59. The topological polar surface area (TPSA) is 151 Å². The molecule has 2 atom stereocenters. The molecule has 0 amide bonds. The Bertz CT molecular complexity index is 928. The molecule has 0 saturated carbocycles. The van der Waals surface area contributed by atoms with Crippen LogP contribution in [0.3, 0.4) is 0 Å². The molecule has 0 saturated heterocycles. The number of carbonyl (C=O) groups is 3. The predicted molar refractivity (Wildman–Crippen MR) is 113 cm³/mol. The molecule has 0 heterocycles. The summed E-state index contributed by atoms with van der Waals surface area (Å²) in [6.07, 6.45) is -0.811. The van der Waals surface area contributed by atoms with Gasteiger partial charge in [0.1, 0.15) is 13.2 Å². The summed E-state index contributed by atoms with van der Waals surface area (Å²) in [7, 11) is 0. The van der Waals surface area contributed by atoms with E-state index in [9.17, 15) is 19.5 Å². The van der Waals surface area contributed by atoms with E-state index in [1.54, 1.807) is 31.2 Å². The van der Waals surface area contributed by atoms with Crippen LogP contribution in [-0.4, -0.2) is 42.3 Å². The highest BCUT2D eigenvalue weighted by molar-refractivity contribution is 5.94. The Morgan fingerprint density at radius 1 is 0.935 bits per heavy atom. The van der Waals surface area contributed by atoms with Gasteiger partial charge in [-0.1, -0.05) is 18.2 Å². The lowest BCUT2D eigenvalue weighted by molar-refractivity contribution is -0.161. The average molecular weight is 430 g/mol. The summed E-state index contributed by atoms with van der Waals surface area (Å²) in [6.45, 7) is 2.92. The van der Waals surface area contributed by atoms with Gasteiger partial charge >= 0.3 is 17.9 Å². The van der Waals surface area contributed by atoms with E-state index < -0.39 is 29.9 Å². The second kappa shape index (κ2) is 11.0. The first kappa shape index (κ1) is 23.7. The molecule has 0 bridgehead atoms. The number of rotatable bonds is 10. The van der Waals surface area contributed by atoms with Crippen LogP contribution < -0.4 is 11.5 Å². The standard InChI is InChI=1S/C22H26N2O7/c1-13(19-17(20(25)26)4-3-5-18(19)24)21(27)29-10-11-30-22(28)14(2)31-12-15-6-8-16(23)9-7-15/h3-9,13-14H,10-12,23-24H2,1-2H3,(H,25,26)/t13-,14-/m0/s1. The largest absolute Gasteiger partial charge is 0.478 e. The van der Waals surface area contributed by atoms with E-state index in [-0.39, 0.29) is 36.6 Å². The summed E-state index contributed by atoms with van der Waals surface area (Å²) in [5, 5.41) is 9.29. The Labute approximate surface area is 179 Å². The lowest BCUT2D eigenvalue weighted by Gasteiger charge is -2.17. The van der Waals surface area contributed by atoms with Crippen LogP contribution in [0.4, 0.5) is 11.4 Å². The van der Waals surface area contributed by atoms with Crippen molar-refractivity contribution >= 4 is 29.3 Å². The van der Waals surface area contributed by atoms with Crippen LogP contribution >= 0.6 is 0 Å². The third-order valence-electron chi connectivity index (χ3n) is 4.54. The third kappa shape index (κ3) is 6.71. The zero-order valence-corrected chi connectivity index (χ0v) is 17.4. The maximum absolute atomic E-state index is 12.3. The van der Waals surface area contributed by atoms with E-state index in [1.165, 1.54) is 25.1 Å². The summed E-state index contributed by atoms with van der Waals surface area (Å²) in [6, 6.07) is 11.4. The van der Waals surface area contributed by atoms with Gasteiger partial charge in [0.2, 0.25) is 0 Å². The van der Waals surface area contributed by atoms with E-state index in [4.69, 9.17) is 25.7 Å². The van der Waals surface area contributed by atoms with Crippen LogP contribution in [0.15, 0.2) is 42.5 Å². The number of carbonyl (C=O) groups excluding carboxylic acids is 2. The molecule has 31 heavy (non-hydrogen) atoms. The molecule has 0 aliphatic heterocycles.